The lowest BCUT2D eigenvalue weighted by Gasteiger charge is -2.24. The molecule has 0 fully saturated rings. The second-order valence-corrected chi connectivity index (χ2v) is 4.34. The highest BCUT2D eigenvalue weighted by atomic mass is 15.3. The SMILES string of the molecule is CC.CC1(C)N=C(N)NC(Cc2ccccc2)=N1. The number of benzene rings is 1. The summed E-state index contributed by atoms with van der Waals surface area (Å²) in [5, 5.41) is 3.00. The summed E-state index contributed by atoms with van der Waals surface area (Å²) < 4.78 is 0. The van der Waals surface area contributed by atoms with E-state index in [1.54, 1.807) is 0 Å². The Hall–Kier alpha value is -1.84. The van der Waals surface area contributed by atoms with Crippen molar-refractivity contribution in [2.45, 2.75) is 39.8 Å². The lowest BCUT2D eigenvalue weighted by molar-refractivity contribution is 0.539. The molecule has 0 aromatic heterocycles. The van der Waals surface area contributed by atoms with Crippen molar-refractivity contribution in [1.29, 1.82) is 0 Å². The van der Waals surface area contributed by atoms with Crippen LogP contribution in [0.1, 0.15) is 33.3 Å². The molecule has 0 amide bonds. The van der Waals surface area contributed by atoms with Crippen molar-refractivity contribution in [2.75, 3.05) is 0 Å². The van der Waals surface area contributed by atoms with Gasteiger partial charge in [0, 0.05) is 6.42 Å². The van der Waals surface area contributed by atoms with E-state index in [0.717, 1.165) is 12.3 Å². The summed E-state index contributed by atoms with van der Waals surface area (Å²) in [6, 6.07) is 10.2. The van der Waals surface area contributed by atoms with Gasteiger partial charge in [-0.15, -0.1) is 0 Å². The van der Waals surface area contributed by atoms with Crippen molar-refractivity contribution in [3.05, 3.63) is 35.9 Å². The minimum absolute atomic E-state index is 0.436. The summed E-state index contributed by atoms with van der Waals surface area (Å²) >= 11 is 0. The first-order valence-electron chi connectivity index (χ1n) is 6.30. The van der Waals surface area contributed by atoms with Crippen LogP contribution in [-0.4, -0.2) is 17.5 Å². The molecule has 1 aromatic carbocycles. The Morgan fingerprint density at radius 2 is 1.72 bits per heavy atom. The Labute approximate surface area is 109 Å². The fraction of sp³-hybridized carbons (Fsp3) is 0.429. The Morgan fingerprint density at radius 3 is 2.28 bits per heavy atom. The summed E-state index contributed by atoms with van der Waals surface area (Å²) in [7, 11) is 0. The van der Waals surface area contributed by atoms with E-state index in [-0.39, 0.29) is 0 Å². The molecule has 98 valence electrons. The molecule has 0 radical (unpaired) electrons. The summed E-state index contributed by atoms with van der Waals surface area (Å²) in [6.07, 6.45) is 0.750. The van der Waals surface area contributed by atoms with Crippen molar-refractivity contribution in [3.63, 3.8) is 0 Å². The molecule has 0 aliphatic carbocycles. The third-order valence-corrected chi connectivity index (χ3v) is 2.29. The number of hydrogen-bond acceptors (Lipinski definition) is 4. The zero-order valence-corrected chi connectivity index (χ0v) is 11.6. The molecule has 1 aliphatic heterocycles. The molecule has 0 saturated carbocycles. The van der Waals surface area contributed by atoms with Crippen LogP contribution in [-0.2, 0) is 6.42 Å². The fourth-order valence-corrected chi connectivity index (χ4v) is 1.73. The van der Waals surface area contributed by atoms with Gasteiger partial charge in [-0.2, -0.15) is 0 Å². The molecule has 1 heterocycles. The second-order valence-electron chi connectivity index (χ2n) is 4.34. The summed E-state index contributed by atoms with van der Waals surface area (Å²) in [5.74, 6) is 1.30. The first kappa shape index (κ1) is 14.2. The van der Waals surface area contributed by atoms with Gasteiger partial charge in [-0.25, -0.2) is 9.98 Å². The zero-order valence-electron chi connectivity index (χ0n) is 11.6. The number of aliphatic imine (C=N–C) groups is 2. The van der Waals surface area contributed by atoms with E-state index >= 15 is 0 Å². The minimum atomic E-state index is -0.459. The number of hydrogen-bond donors (Lipinski definition) is 2. The number of rotatable bonds is 2. The first-order valence-corrected chi connectivity index (χ1v) is 6.30. The number of nitrogens with two attached hydrogens (primary N) is 1. The van der Waals surface area contributed by atoms with Crippen LogP contribution in [0.3, 0.4) is 0 Å². The topological polar surface area (TPSA) is 62.8 Å². The van der Waals surface area contributed by atoms with Crippen molar-refractivity contribution in [3.8, 4) is 0 Å². The highest BCUT2D eigenvalue weighted by molar-refractivity contribution is 6.01. The monoisotopic (exact) mass is 246 g/mol. The van der Waals surface area contributed by atoms with Crippen LogP contribution in [0.15, 0.2) is 40.3 Å². The van der Waals surface area contributed by atoms with E-state index in [2.05, 4.69) is 27.4 Å². The van der Waals surface area contributed by atoms with Crippen LogP contribution < -0.4 is 11.1 Å². The number of amidine groups is 1. The second kappa shape index (κ2) is 6.19. The van der Waals surface area contributed by atoms with Crippen LogP contribution in [0.4, 0.5) is 0 Å². The molecule has 4 heteroatoms. The molecule has 2 rings (SSSR count). The molecule has 1 aromatic rings. The fourth-order valence-electron chi connectivity index (χ4n) is 1.73. The molecule has 0 atom stereocenters. The molecular weight excluding hydrogens is 224 g/mol. The van der Waals surface area contributed by atoms with E-state index in [0.29, 0.717) is 5.96 Å². The number of nitrogens with one attached hydrogen (secondary N) is 1. The maximum absolute atomic E-state index is 5.71. The molecule has 0 bridgehead atoms. The van der Waals surface area contributed by atoms with Gasteiger partial charge in [0.25, 0.3) is 0 Å². The Balaban J connectivity index is 0.000000771. The quantitative estimate of drug-likeness (QED) is 0.841. The highest BCUT2D eigenvalue weighted by Crippen LogP contribution is 2.14. The van der Waals surface area contributed by atoms with E-state index in [1.807, 2.05) is 45.9 Å². The Morgan fingerprint density at radius 1 is 1.11 bits per heavy atom. The lowest BCUT2D eigenvalue weighted by Crippen LogP contribution is -2.44. The van der Waals surface area contributed by atoms with Crippen molar-refractivity contribution in [1.82, 2.24) is 5.32 Å². The molecule has 0 saturated heterocycles. The van der Waals surface area contributed by atoms with Gasteiger partial charge in [-0.3, -0.25) is 0 Å². The maximum Gasteiger partial charge on any atom is 0.196 e. The van der Waals surface area contributed by atoms with Gasteiger partial charge in [-0.1, -0.05) is 44.2 Å². The van der Waals surface area contributed by atoms with Crippen LogP contribution in [0.2, 0.25) is 0 Å². The smallest absolute Gasteiger partial charge is 0.196 e. The van der Waals surface area contributed by atoms with E-state index in [1.165, 1.54) is 5.56 Å². The zero-order chi connectivity index (χ0) is 13.6. The lowest BCUT2D eigenvalue weighted by atomic mass is 10.1. The maximum atomic E-state index is 5.71. The summed E-state index contributed by atoms with van der Waals surface area (Å²) in [5.41, 5.74) is 6.46. The average Bonchev–Trinajstić information content (AvgIpc) is 2.30. The van der Waals surface area contributed by atoms with Gasteiger partial charge in [0.2, 0.25) is 0 Å². The predicted molar refractivity (Wildman–Crippen MR) is 77.8 cm³/mol. The number of nitrogens with zero attached hydrogens (tertiary/aromatic N) is 2. The van der Waals surface area contributed by atoms with Crippen LogP contribution in [0.25, 0.3) is 0 Å². The summed E-state index contributed by atoms with van der Waals surface area (Å²) in [4.78, 5) is 8.70. The van der Waals surface area contributed by atoms with Crippen molar-refractivity contribution >= 4 is 11.8 Å². The summed E-state index contributed by atoms with van der Waals surface area (Å²) in [6.45, 7) is 7.87. The molecule has 18 heavy (non-hydrogen) atoms. The average molecular weight is 246 g/mol. The molecular formula is C14H22N4. The first-order chi connectivity index (χ1) is 8.55. The molecule has 1 aliphatic rings. The predicted octanol–water partition coefficient (Wildman–Crippen LogP) is 2.31. The van der Waals surface area contributed by atoms with E-state index in [4.69, 9.17) is 5.73 Å². The van der Waals surface area contributed by atoms with Gasteiger partial charge in [-0.05, 0) is 19.4 Å². The largest absolute Gasteiger partial charge is 0.370 e. The minimum Gasteiger partial charge on any atom is -0.370 e. The highest BCUT2D eigenvalue weighted by Gasteiger charge is 2.21. The Kier molecular flexibility index (Phi) is 4.89. The third kappa shape index (κ3) is 4.20. The molecule has 3 N–H and O–H groups in total. The van der Waals surface area contributed by atoms with Gasteiger partial charge in [0.05, 0.1) is 0 Å². The van der Waals surface area contributed by atoms with Crippen molar-refractivity contribution in [2.24, 2.45) is 15.7 Å². The molecule has 0 unspecified atom stereocenters. The molecule has 4 nitrogen and oxygen atoms in total. The number of guanidine groups is 1. The van der Waals surface area contributed by atoms with Crippen LogP contribution in [0.5, 0.6) is 0 Å². The van der Waals surface area contributed by atoms with Gasteiger partial charge < -0.3 is 11.1 Å². The van der Waals surface area contributed by atoms with Gasteiger partial charge in [0.1, 0.15) is 11.5 Å². The van der Waals surface area contributed by atoms with Crippen LogP contribution in [0, 0.1) is 0 Å². The normalized spacial score (nSPS) is 16.7. The van der Waals surface area contributed by atoms with E-state index in [9.17, 15) is 0 Å². The standard InChI is InChI=1S/C12H16N4.C2H6/c1-12(2)15-10(14-11(13)16-12)8-9-6-4-3-5-7-9;1-2/h3-7H,8H2,1-2H3,(H3,13,14,15,16);1-2H3. The van der Waals surface area contributed by atoms with Crippen molar-refractivity contribution < 1.29 is 0 Å². The third-order valence-electron chi connectivity index (χ3n) is 2.29. The van der Waals surface area contributed by atoms with Gasteiger partial charge in [0.15, 0.2) is 5.96 Å². The van der Waals surface area contributed by atoms with Crippen LogP contribution >= 0.6 is 0 Å². The molecule has 0 spiro atoms. The van der Waals surface area contributed by atoms with E-state index < -0.39 is 5.66 Å². The Bertz CT molecular complexity index is 432. The van der Waals surface area contributed by atoms with Gasteiger partial charge >= 0.3 is 0 Å².